The predicted octanol–water partition coefficient (Wildman–Crippen LogP) is 3.28. The lowest BCUT2D eigenvalue weighted by Crippen LogP contribution is -2.38. The van der Waals surface area contributed by atoms with Crippen molar-refractivity contribution in [1.29, 1.82) is 0 Å². The third-order valence-electron chi connectivity index (χ3n) is 4.71. The number of aryl methyl sites for hydroxylation is 1. The molecule has 7 nitrogen and oxygen atoms in total. The molecule has 1 saturated heterocycles. The molecule has 0 unspecified atom stereocenters. The first-order valence-corrected chi connectivity index (χ1v) is 10.6. The number of nitrogens with zero attached hydrogens (tertiary/aromatic N) is 4. The summed E-state index contributed by atoms with van der Waals surface area (Å²) in [5, 5.41) is 12.1. The molecule has 0 atom stereocenters. The fourth-order valence-corrected chi connectivity index (χ4v) is 3.98. The molecule has 1 aliphatic rings. The highest BCUT2D eigenvalue weighted by atomic mass is 32.2. The Kier molecular flexibility index (Phi) is 6.29. The Morgan fingerprint density at radius 1 is 1.17 bits per heavy atom. The molecule has 1 N–H and O–H groups in total. The van der Waals surface area contributed by atoms with Crippen molar-refractivity contribution in [1.82, 2.24) is 14.8 Å². The molecule has 1 aromatic heterocycles. The van der Waals surface area contributed by atoms with Gasteiger partial charge in [0.1, 0.15) is 5.82 Å². The molecule has 156 valence electrons. The molecular weight excluding hydrogens is 405 g/mol. The largest absolute Gasteiger partial charge is 0.378 e. The van der Waals surface area contributed by atoms with E-state index in [9.17, 15) is 9.18 Å². The van der Waals surface area contributed by atoms with Crippen LogP contribution in [0.4, 0.5) is 16.0 Å². The molecule has 9 heteroatoms. The maximum absolute atomic E-state index is 13.3. The number of carbonyl (C=O) groups is 1. The van der Waals surface area contributed by atoms with E-state index in [1.54, 1.807) is 12.1 Å². The van der Waals surface area contributed by atoms with Gasteiger partial charge in [-0.2, -0.15) is 0 Å². The van der Waals surface area contributed by atoms with Crippen molar-refractivity contribution in [3.8, 4) is 5.69 Å². The number of hydrogen-bond donors (Lipinski definition) is 1. The summed E-state index contributed by atoms with van der Waals surface area (Å²) in [5.41, 5.74) is 2.48. The van der Waals surface area contributed by atoms with Gasteiger partial charge in [-0.15, -0.1) is 10.2 Å². The van der Waals surface area contributed by atoms with Crippen molar-refractivity contribution in [2.24, 2.45) is 0 Å². The maximum atomic E-state index is 13.3. The highest BCUT2D eigenvalue weighted by molar-refractivity contribution is 7.99. The van der Waals surface area contributed by atoms with Crippen molar-refractivity contribution in [2.45, 2.75) is 12.1 Å². The van der Waals surface area contributed by atoms with E-state index in [-0.39, 0.29) is 11.7 Å². The van der Waals surface area contributed by atoms with Gasteiger partial charge in [0.25, 0.3) is 0 Å². The van der Waals surface area contributed by atoms with Gasteiger partial charge in [-0.05, 0) is 36.8 Å². The van der Waals surface area contributed by atoms with Crippen molar-refractivity contribution < 1.29 is 13.9 Å². The number of halogens is 1. The molecule has 4 rings (SSSR count). The molecule has 1 amide bonds. The van der Waals surface area contributed by atoms with E-state index in [4.69, 9.17) is 4.74 Å². The van der Waals surface area contributed by atoms with Crippen LogP contribution in [0, 0.1) is 12.7 Å². The van der Waals surface area contributed by atoms with Gasteiger partial charge in [-0.1, -0.05) is 36.0 Å². The molecule has 3 aromatic rings. The summed E-state index contributed by atoms with van der Waals surface area (Å²) in [6.07, 6.45) is 0. The zero-order valence-electron chi connectivity index (χ0n) is 16.5. The number of carbonyl (C=O) groups excluding carboxylic acids is 1. The Morgan fingerprint density at radius 2 is 1.97 bits per heavy atom. The zero-order chi connectivity index (χ0) is 20.9. The minimum absolute atomic E-state index is 0.129. The van der Waals surface area contributed by atoms with E-state index < -0.39 is 5.82 Å². The molecule has 0 bridgehead atoms. The van der Waals surface area contributed by atoms with E-state index in [0.29, 0.717) is 24.1 Å². The van der Waals surface area contributed by atoms with Crippen molar-refractivity contribution in [3.05, 3.63) is 59.9 Å². The van der Waals surface area contributed by atoms with Gasteiger partial charge in [0.05, 0.1) is 24.7 Å². The van der Waals surface area contributed by atoms with Crippen LogP contribution in [0.15, 0.2) is 53.7 Å². The summed E-state index contributed by atoms with van der Waals surface area (Å²) in [4.78, 5) is 14.5. The quantitative estimate of drug-likeness (QED) is 0.609. The second kappa shape index (κ2) is 9.27. The minimum atomic E-state index is -0.394. The van der Waals surface area contributed by atoms with Crippen LogP contribution < -0.4 is 10.2 Å². The molecule has 0 spiro atoms. The average Bonchev–Trinajstić information content (AvgIpc) is 3.17. The van der Waals surface area contributed by atoms with Gasteiger partial charge in [0, 0.05) is 18.8 Å². The molecule has 30 heavy (non-hydrogen) atoms. The Morgan fingerprint density at radius 3 is 2.73 bits per heavy atom. The lowest BCUT2D eigenvalue weighted by molar-refractivity contribution is -0.113. The molecule has 2 heterocycles. The summed E-state index contributed by atoms with van der Waals surface area (Å²) in [7, 11) is 0. The highest BCUT2D eigenvalue weighted by Crippen LogP contribution is 2.29. The summed E-state index contributed by atoms with van der Waals surface area (Å²) in [6, 6.07) is 13.8. The first-order chi connectivity index (χ1) is 14.6. The molecule has 0 saturated carbocycles. The maximum Gasteiger partial charge on any atom is 0.234 e. The SMILES string of the molecule is Cc1ccccc1-n1c(SCC(=O)Nc2cccc(F)c2)nnc1N1CCOCC1. The summed E-state index contributed by atoms with van der Waals surface area (Å²) in [6.45, 7) is 4.77. The number of rotatable bonds is 6. The van der Waals surface area contributed by atoms with Crippen LogP contribution in [-0.4, -0.2) is 52.7 Å². The Labute approximate surface area is 178 Å². The Bertz CT molecular complexity index is 1040. The predicted molar refractivity (Wildman–Crippen MR) is 115 cm³/mol. The first kappa shape index (κ1) is 20.4. The van der Waals surface area contributed by atoms with E-state index in [2.05, 4.69) is 20.4 Å². The van der Waals surface area contributed by atoms with Crippen LogP contribution in [-0.2, 0) is 9.53 Å². The van der Waals surface area contributed by atoms with E-state index in [0.717, 1.165) is 30.3 Å². The zero-order valence-corrected chi connectivity index (χ0v) is 17.4. The lowest BCUT2D eigenvalue weighted by atomic mass is 10.2. The monoisotopic (exact) mass is 427 g/mol. The number of anilines is 2. The second-order valence-electron chi connectivity index (χ2n) is 6.85. The average molecular weight is 428 g/mol. The normalized spacial score (nSPS) is 14.0. The van der Waals surface area contributed by atoms with Crippen LogP contribution in [0.5, 0.6) is 0 Å². The number of ether oxygens (including phenoxy) is 1. The fourth-order valence-electron chi connectivity index (χ4n) is 3.24. The van der Waals surface area contributed by atoms with Crippen LogP contribution in [0.25, 0.3) is 5.69 Å². The van der Waals surface area contributed by atoms with Crippen LogP contribution in [0.1, 0.15) is 5.56 Å². The van der Waals surface area contributed by atoms with Crippen molar-refractivity contribution in [2.75, 3.05) is 42.3 Å². The van der Waals surface area contributed by atoms with Gasteiger partial charge < -0.3 is 15.0 Å². The molecule has 0 radical (unpaired) electrons. The lowest BCUT2D eigenvalue weighted by Gasteiger charge is -2.28. The summed E-state index contributed by atoms with van der Waals surface area (Å²) >= 11 is 1.29. The number of morpholine rings is 1. The number of thioether (sulfide) groups is 1. The van der Waals surface area contributed by atoms with Crippen LogP contribution >= 0.6 is 11.8 Å². The van der Waals surface area contributed by atoms with Crippen molar-refractivity contribution >= 4 is 29.3 Å². The van der Waals surface area contributed by atoms with Crippen LogP contribution in [0.2, 0.25) is 0 Å². The first-order valence-electron chi connectivity index (χ1n) is 9.64. The Hall–Kier alpha value is -2.91. The van der Waals surface area contributed by atoms with Gasteiger partial charge in [-0.25, -0.2) is 4.39 Å². The number of benzene rings is 2. The molecule has 1 fully saturated rings. The number of nitrogens with one attached hydrogen (secondary N) is 1. The topological polar surface area (TPSA) is 72.3 Å². The van der Waals surface area contributed by atoms with Gasteiger partial charge >= 0.3 is 0 Å². The third-order valence-corrected chi connectivity index (χ3v) is 5.64. The molecule has 2 aromatic carbocycles. The number of aromatic nitrogens is 3. The summed E-state index contributed by atoms with van der Waals surface area (Å²) < 4.78 is 20.8. The second-order valence-corrected chi connectivity index (χ2v) is 7.79. The van der Waals surface area contributed by atoms with E-state index >= 15 is 0 Å². The van der Waals surface area contributed by atoms with Gasteiger partial charge in [-0.3, -0.25) is 9.36 Å². The van der Waals surface area contributed by atoms with Gasteiger partial charge in [0.15, 0.2) is 5.16 Å². The fraction of sp³-hybridized carbons (Fsp3) is 0.286. The van der Waals surface area contributed by atoms with Crippen LogP contribution in [0.3, 0.4) is 0 Å². The summed E-state index contributed by atoms with van der Waals surface area (Å²) in [5.74, 6) is 0.234. The number of hydrogen-bond acceptors (Lipinski definition) is 6. The molecule has 0 aliphatic carbocycles. The standard InChI is InChI=1S/C21H22FN5O2S/c1-15-5-2-3-8-18(15)27-20(26-9-11-29-12-10-26)24-25-21(27)30-14-19(28)23-17-7-4-6-16(22)13-17/h2-8,13H,9-12,14H2,1H3,(H,23,28). The van der Waals surface area contributed by atoms with Gasteiger partial charge in [0.2, 0.25) is 11.9 Å². The smallest absolute Gasteiger partial charge is 0.234 e. The molecular formula is C21H22FN5O2S. The Balaban J connectivity index is 1.56. The number of amides is 1. The van der Waals surface area contributed by atoms with E-state index in [1.807, 2.05) is 35.8 Å². The van der Waals surface area contributed by atoms with Crippen molar-refractivity contribution in [3.63, 3.8) is 0 Å². The number of para-hydroxylation sites is 1. The minimum Gasteiger partial charge on any atom is -0.378 e. The third kappa shape index (κ3) is 4.63. The highest BCUT2D eigenvalue weighted by Gasteiger charge is 2.23. The van der Waals surface area contributed by atoms with E-state index in [1.165, 1.54) is 23.9 Å². The molecule has 1 aliphatic heterocycles.